The Hall–Kier alpha value is -1.33. The molecule has 112 valence electrons. The van der Waals surface area contributed by atoms with Crippen LogP contribution >= 0.6 is 12.4 Å². The molecule has 2 rings (SSSR count). The van der Waals surface area contributed by atoms with Crippen molar-refractivity contribution < 1.29 is 9.59 Å². The Morgan fingerprint density at radius 2 is 2.15 bits per heavy atom. The second-order valence-electron chi connectivity index (χ2n) is 5.33. The summed E-state index contributed by atoms with van der Waals surface area (Å²) in [5.74, 6) is 0.329. The number of ketones is 1. The minimum atomic E-state index is -0.115. The number of nitrogens with zero attached hydrogens (tertiary/aromatic N) is 1. The van der Waals surface area contributed by atoms with E-state index in [0.29, 0.717) is 17.2 Å². The lowest BCUT2D eigenvalue weighted by Crippen LogP contribution is -2.50. The van der Waals surface area contributed by atoms with E-state index in [1.165, 1.54) is 6.92 Å². The molecule has 0 spiro atoms. The zero-order valence-electron chi connectivity index (χ0n) is 12.1. The van der Waals surface area contributed by atoms with Crippen molar-refractivity contribution in [1.29, 1.82) is 0 Å². The minimum absolute atomic E-state index is 0. The number of hydrogen-bond donors (Lipinski definition) is 2. The van der Waals surface area contributed by atoms with Gasteiger partial charge in [0.1, 0.15) is 5.69 Å². The Kier molecular flexibility index (Phi) is 5.77. The Labute approximate surface area is 125 Å². The summed E-state index contributed by atoms with van der Waals surface area (Å²) in [6.45, 7) is 5.46. The fourth-order valence-electron chi connectivity index (χ4n) is 2.41. The summed E-state index contributed by atoms with van der Waals surface area (Å²) in [6.07, 6.45) is 2.76. The van der Waals surface area contributed by atoms with Crippen LogP contribution in [0.1, 0.15) is 41.1 Å². The van der Waals surface area contributed by atoms with Crippen LogP contribution in [0.4, 0.5) is 0 Å². The van der Waals surface area contributed by atoms with Gasteiger partial charge in [-0.25, -0.2) is 0 Å². The van der Waals surface area contributed by atoms with Gasteiger partial charge in [-0.2, -0.15) is 0 Å². The molecule has 1 aromatic rings. The first-order chi connectivity index (χ1) is 8.99. The maximum Gasteiger partial charge on any atom is 0.268 e. The standard InChI is InChI=1S/C14H21N3O2.ClH/c1-9-4-5-15-7-12(9)16-14(19)13-6-11(10(2)18)8-17(13)3;/h6,8-9,12,15H,4-5,7H2,1-3H3,(H,16,19);1H. The van der Waals surface area contributed by atoms with Crippen LogP contribution in [0.25, 0.3) is 0 Å². The number of aromatic nitrogens is 1. The highest BCUT2D eigenvalue weighted by Gasteiger charge is 2.24. The van der Waals surface area contributed by atoms with Crippen molar-refractivity contribution >= 4 is 24.1 Å². The molecular weight excluding hydrogens is 278 g/mol. The zero-order chi connectivity index (χ0) is 14.0. The van der Waals surface area contributed by atoms with Crippen LogP contribution in [-0.4, -0.2) is 35.4 Å². The smallest absolute Gasteiger partial charge is 0.268 e. The predicted octanol–water partition coefficient (Wildman–Crippen LogP) is 1.38. The van der Waals surface area contributed by atoms with E-state index in [9.17, 15) is 9.59 Å². The number of halogens is 1. The molecule has 2 unspecified atom stereocenters. The van der Waals surface area contributed by atoms with Gasteiger partial charge in [0, 0.05) is 31.4 Å². The fraction of sp³-hybridized carbons (Fsp3) is 0.571. The lowest BCUT2D eigenvalue weighted by atomic mass is 9.95. The van der Waals surface area contributed by atoms with Crippen molar-refractivity contribution in [2.75, 3.05) is 13.1 Å². The van der Waals surface area contributed by atoms with E-state index in [-0.39, 0.29) is 30.1 Å². The summed E-state index contributed by atoms with van der Waals surface area (Å²) in [6, 6.07) is 1.80. The molecule has 2 heterocycles. The summed E-state index contributed by atoms with van der Waals surface area (Å²) in [5, 5.41) is 6.33. The highest BCUT2D eigenvalue weighted by Crippen LogP contribution is 2.13. The van der Waals surface area contributed by atoms with Gasteiger partial charge in [0.25, 0.3) is 5.91 Å². The molecule has 1 aliphatic rings. The molecule has 6 heteroatoms. The topological polar surface area (TPSA) is 63.1 Å². The molecule has 1 fully saturated rings. The van der Waals surface area contributed by atoms with E-state index in [4.69, 9.17) is 0 Å². The average Bonchev–Trinajstić information content (AvgIpc) is 2.74. The first-order valence-electron chi connectivity index (χ1n) is 6.68. The molecule has 0 aromatic carbocycles. The highest BCUT2D eigenvalue weighted by atomic mass is 35.5. The van der Waals surface area contributed by atoms with Gasteiger partial charge in [0.05, 0.1) is 0 Å². The fourth-order valence-corrected chi connectivity index (χ4v) is 2.41. The number of carbonyl (C=O) groups is 2. The Bertz CT molecular complexity index is 499. The normalized spacial score (nSPS) is 21.9. The van der Waals surface area contributed by atoms with Crippen molar-refractivity contribution in [2.24, 2.45) is 13.0 Å². The number of hydrogen-bond acceptors (Lipinski definition) is 3. The number of nitrogens with one attached hydrogen (secondary N) is 2. The van der Waals surface area contributed by atoms with Gasteiger partial charge in [0.15, 0.2) is 5.78 Å². The number of Topliss-reactive ketones (excluding diaryl/α,β-unsaturated/α-hetero) is 1. The summed E-state index contributed by atoms with van der Waals surface area (Å²) in [7, 11) is 1.78. The van der Waals surface area contributed by atoms with Crippen LogP contribution in [0.3, 0.4) is 0 Å². The lowest BCUT2D eigenvalue weighted by Gasteiger charge is -2.30. The van der Waals surface area contributed by atoms with Crippen LogP contribution in [0.2, 0.25) is 0 Å². The van der Waals surface area contributed by atoms with Crippen LogP contribution < -0.4 is 10.6 Å². The average molecular weight is 300 g/mol. The number of amides is 1. The molecule has 2 N–H and O–H groups in total. The van der Waals surface area contributed by atoms with Gasteiger partial charge in [-0.05, 0) is 31.9 Å². The second kappa shape index (κ2) is 6.90. The summed E-state index contributed by atoms with van der Waals surface area (Å²) in [5.41, 5.74) is 1.10. The van der Waals surface area contributed by atoms with Gasteiger partial charge < -0.3 is 15.2 Å². The maximum absolute atomic E-state index is 12.2. The van der Waals surface area contributed by atoms with Crippen molar-refractivity contribution in [3.8, 4) is 0 Å². The van der Waals surface area contributed by atoms with Crippen molar-refractivity contribution in [3.63, 3.8) is 0 Å². The molecular formula is C14H22ClN3O2. The summed E-state index contributed by atoms with van der Waals surface area (Å²) in [4.78, 5) is 23.6. The Balaban J connectivity index is 0.00000200. The number of rotatable bonds is 3. The Morgan fingerprint density at radius 1 is 1.45 bits per heavy atom. The van der Waals surface area contributed by atoms with Crippen LogP contribution in [0.15, 0.2) is 12.3 Å². The third kappa shape index (κ3) is 3.61. The molecule has 0 bridgehead atoms. The first-order valence-corrected chi connectivity index (χ1v) is 6.68. The predicted molar refractivity (Wildman–Crippen MR) is 80.6 cm³/mol. The SMILES string of the molecule is CC(=O)c1cc(C(=O)NC2CNCCC2C)n(C)c1.Cl. The van der Waals surface area contributed by atoms with Gasteiger partial charge in [-0.3, -0.25) is 9.59 Å². The van der Waals surface area contributed by atoms with Gasteiger partial charge >= 0.3 is 0 Å². The third-order valence-corrected chi connectivity index (χ3v) is 3.79. The van der Waals surface area contributed by atoms with Gasteiger partial charge in [0.2, 0.25) is 0 Å². The molecule has 1 saturated heterocycles. The molecule has 0 radical (unpaired) electrons. The van der Waals surface area contributed by atoms with Crippen molar-refractivity contribution in [3.05, 3.63) is 23.5 Å². The molecule has 0 aliphatic carbocycles. The van der Waals surface area contributed by atoms with Crippen LogP contribution in [0.5, 0.6) is 0 Å². The quantitative estimate of drug-likeness (QED) is 0.829. The van der Waals surface area contributed by atoms with E-state index in [2.05, 4.69) is 17.6 Å². The molecule has 2 atom stereocenters. The first kappa shape index (κ1) is 16.7. The highest BCUT2D eigenvalue weighted by molar-refractivity contribution is 5.99. The largest absolute Gasteiger partial charge is 0.346 e. The van der Waals surface area contributed by atoms with Crippen LogP contribution in [0, 0.1) is 5.92 Å². The van der Waals surface area contributed by atoms with Crippen LogP contribution in [-0.2, 0) is 7.05 Å². The number of carbonyl (C=O) groups excluding carboxylic acids is 2. The van der Waals surface area contributed by atoms with Gasteiger partial charge in [-0.15, -0.1) is 12.4 Å². The van der Waals surface area contributed by atoms with E-state index in [1.54, 1.807) is 23.9 Å². The molecule has 0 saturated carbocycles. The van der Waals surface area contributed by atoms with E-state index >= 15 is 0 Å². The molecule has 1 amide bonds. The van der Waals surface area contributed by atoms with E-state index in [1.807, 2.05) is 0 Å². The zero-order valence-corrected chi connectivity index (χ0v) is 12.9. The number of aryl methyl sites for hydroxylation is 1. The molecule has 20 heavy (non-hydrogen) atoms. The lowest BCUT2D eigenvalue weighted by molar-refractivity contribution is 0.0906. The molecule has 5 nitrogen and oxygen atoms in total. The molecule has 1 aliphatic heterocycles. The summed E-state index contributed by atoms with van der Waals surface area (Å²) >= 11 is 0. The maximum atomic E-state index is 12.2. The monoisotopic (exact) mass is 299 g/mol. The molecule has 1 aromatic heterocycles. The minimum Gasteiger partial charge on any atom is -0.346 e. The third-order valence-electron chi connectivity index (χ3n) is 3.79. The van der Waals surface area contributed by atoms with E-state index < -0.39 is 0 Å². The van der Waals surface area contributed by atoms with E-state index in [0.717, 1.165) is 19.5 Å². The Morgan fingerprint density at radius 3 is 2.70 bits per heavy atom. The second-order valence-corrected chi connectivity index (χ2v) is 5.33. The van der Waals surface area contributed by atoms with Gasteiger partial charge in [-0.1, -0.05) is 6.92 Å². The van der Waals surface area contributed by atoms with Crippen molar-refractivity contribution in [1.82, 2.24) is 15.2 Å². The number of piperidine rings is 1. The van der Waals surface area contributed by atoms with Crippen molar-refractivity contribution in [2.45, 2.75) is 26.3 Å². The summed E-state index contributed by atoms with van der Waals surface area (Å²) < 4.78 is 1.70.